The molecule has 110 valence electrons. The molecule has 0 unspecified atom stereocenters. The molecule has 0 bridgehead atoms. The van der Waals surface area contributed by atoms with E-state index in [9.17, 15) is 0 Å². The van der Waals surface area contributed by atoms with Crippen LogP contribution in [-0.4, -0.2) is 39.4 Å². The van der Waals surface area contributed by atoms with E-state index in [1.807, 2.05) is 24.3 Å². The summed E-state index contributed by atoms with van der Waals surface area (Å²) in [6, 6.07) is 7.74. The zero-order valence-electron chi connectivity index (χ0n) is 13.3. The van der Waals surface area contributed by atoms with E-state index in [-0.39, 0.29) is 0 Å². The molecular weight excluding hydrogens is 248 g/mol. The van der Waals surface area contributed by atoms with Crippen LogP contribution < -0.4 is 0 Å². The average Bonchev–Trinajstić information content (AvgIpc) is 2.85. The van der Waals surface area contributed by atoms with Gasteiger partial charge in [0.25, 0.3) is 0 Å². The number of rotatable bonds is 0. The van der Waals surface area contributed by atoms with E-state index in [1.54, 1.807) is 0 Å². The Morgan fingerprint density at radius 3 is 2.45 bits per heavy atom. The summed E-state index contributed by atoms with van der Waals surface area (Å²) in [4.78, 5) is 2.48. The molecule has 0 radical (unpaired) electrons. The molecule has 2 heterocycles. The van der Waals surface area contributed by atoms with Crippen molar-refractivity contribution in [1.82, 2.24) is 20.3 Å². The van der Waals surface area contributed by atoms with Gasteiger partial charge in [0.05, 0.1) is 5.52 Å². The standard InChI is InChI=1S/C10H21N.C6H5N3/c1-9(2)7-6-8-11(5)10(9,3)4;1-2-4-6-5(3-1)7-9-8-6/h6-8H2,1-5H3;1-4H,(H,7,8,9). The van der Waals surface area contributed by atoms with Crippen LogP contribution in [0.15, 0.2) is 24.3 Å². The number of para-hydroxylation sites is 1. The van der Waals surface area contributed by atoms with Crippen molar-refractivity contribution < 1.29 is 0 Å². The number of hydrogen-bond acceptors (Lipinski definition) is 3. The topological polar surface area (TPSA) is 44.8 Å². The van der Waals surface area contributed by atoms with Gasteiger partial charge in [-0.2, -0.15) is 0 Å². The Hall–Kier alpha value is -1.42. The van der Waals surface area contributed by atoms with Gasteiger partial charge in [0.15, 0.2) is 0 Å². The lowest BCUT2D eigenvalue weighted by molar-refractivity contribution is -0.0121. The second kappa shape index (κ2) is 5.52. The Labute approximate surface area is 121 Å². The number of likely N-dealkylation sites (tertiary alicyclic amines) is 1. The predicted molar refractivity (Wildman–Crippen MR) is 83.6 cm³/mol. The third kappa shape index (κ3) is 2.85. The number of H-pyrrole nitrogens is 1. The monoisotopic (exact) mass is 274 g/mol. The molecule has 4 nitrogen and oxygen atoms in total. The lowest BCUT2D eigenvalue weighted by Crippen LogP contribution is -2.55. The second-order valence-electron chi connectivity index (χ2n) is 6.80. The van der Waals surface area contributed by atoms with E-state index in [2.05, 4.69) is 55.1 Å². The molecule has 1 N–H and O–H groups in total. The minimum absolute atomic E-state index is 0.366. The highest BCUT2D eigenvalue weighted by Crippen LogP contribution is 2.42. The van der Waals surface area contributed by atoms with Crippen LogP contribution in [0.3, 0.4) is 0 Å². The number of piperidine rings is 1. The summed E-state index contributed by atoms with van der Waals surface area (Å²) >= 11 is 0. The highest BCUT2D eigenvalue weighted by molar-refractivity contribution is 5.72. The Balaban J connectivity index is 0.000000149. The van der Waals surface area contributed by atoms with Gasteiger partial charge in [0.2, 0.25) is 0 Å². The molecule has 20 heavy (non-hydrogen) atoms. The van der Waals surface area contributed by atoms with Crippen LogP contribution in [0, 0.1) is 5.41 Å². The normalized spacial score (nSPS) is 21.2. The zero-order chi connectivity index (χ0) is 14.8. The quantitative estimate of drug-likeness (QED) is 0.800. The summed E-state index contributed by atoms with van der Waals surface area (Å²) in [7, 11) is 2.24. The minimum atomic E-state index is 0.366. The Bertz CT molecular complexity index is 526. The van der Waals surface area contributed by atoms with Gasteiger partial charge in [-0.05, 0) is 57.8 Å². The first-order valence-electron chi connectivity index (χ1n) is 7.32. The van der Waals surface area contributed by atoms with Gasteiger partial charge in [-0.25, -0.2) is 0 Å². The molecule has 1 fully saturated rings. The van der Waals surface area contributed by atoms with E-state index in [4.69, 9.17) is 0 Å². The van der Waals surface area contributed by atoms with Gasteiger partial charge >= 0.3 is 0 Å². The van der Waals surface area contributed by atoms with Crippen molar-refractivity contribution in [2.45, 2.75) is 46.1 Å². The Morgan fingerprint density at radius 2 is 1.85 bits per heavy atom. The number of benzene rings is 1. The molecule has 0 atom stereocenters. The van der Waals surface area contributed by atoms with Gasteiger partial charge in [-0.15, -0.1) is 5.10 Å². The summed E-state index contributed by atoms with van der Waals surface area (Å²) in [5.41, 5.74) is 2.74. The highest BCUT2D eigenvalue weighted by Gasteiger charge is 2.42. The van der Waals surface area contributed by atoms with Crippen molar-refractivity contribution in [1.29, 1.82) is 0 Å². The molecule has 1 aromatic carbocycles. The molecule has 3 rings (SSSR count). The fraction of sp³-hybridized carbons (Fsp3) is 0.625. The molecule has 1 saturated heterocycles. The van der Waals surface area contributed by atoms with Gasteiger partial charge in [0.1, 0.15) is 5.52 Å². The lowest BCUT2D eigenvalue weighted by atomic mass is 9.68. The molecule has 0 spiro atoms. The van der Waals surface area contributed by atoms with Gasteiger partial charge < -0.3 is 4.90 Å². The molecule has 0 saturated carbocycles. The third-order valence-electron chi connectivity index (χ3n) is 5.14. The maximum absolute atomic E-state index is 3.81. The fourth-order valence-electron chi connectivity index (χ4n) is 2.65. The first kappa shape index (κ1) is 15.0. The highest BCUT2D eigenvalue weighted by atomic mass is 15.3. The van der Waals surface area contributed by atoms with Crippen molar-refractivity contribution in [2.75, 3.05) is 13.6 Å². The van der Waals surface area contributed by atoms with E-state index in [1.165, 1.54) is 19.4 Å². The summed E-state index contributed by atoms with van der Waals surface area (Å²) in [6.45, 7) is 10.7. The third-order valence-corrected chi connectivity index (χ3v) is 5.14. The molecular formula is C16H26N4. The molecule has 1 aliphatic heterocycles. The fourth-order valence-corrected chi connectivity index (χ4v) is 2.65. The summed E-state index contributed by atoms with van der Waals surface area (Å²) in [6.07, 6.45) is 2.72. The van der Waals surface area contributed by atoms with Crippen molar-refractivity contribution in [2.24, 2.45) is 5.41 Å². The van der Waals surface area contributed by atoms with Crippen LogP contribution in [0.1, 0.15) is 40.5 Å². The number of aromatic nitrogens is 3. The molecule has 0 amide bonds. The molecule has 0 aliphatic carbocycles. The van der Waals surface area contributed by atoms with Crippen LogP contribution in [0.5, 0.6) is 0 Å². The van der Waals surface area contributed by atoms with Gasteiger partial charge in [-0.1, -0.05) is 31.2 Å². The largest absolute Gasteiger partial charge is 0.301 e. The maximum atomic E-state index is 3.81. The van der Waals surface area contributed by atoms with E-state index >= 15 is 0 Å². The summed E-state index contributed by atoms with van der Waals surface area (Å²) < 4.78 is 0. The zero-order valence-corrected chi connectivity index (χ0v) is 13.3. The number of hydrogen-bond donors (Lipinski definition) is 1. The summed E-state index contributed by atoms with van der Waals surface area (Å²) in [5, 5.41) is 10.2. The minimum Gasteiger partial charge on any atom is -0.301 e. The number of nitrogens with zero attached hydrogens (tertiary/aromatic N) is 3. The smallest absolute Gasteiger partial charge is 0.112 e. The predicted octanol–water partition coefficient (Wildman–Crippen LogP) is 3.47. The number of aromatic amines is 1. The Kier molecular flexibility index (Phi) is 4.14. The summed E-state index contributed by atoms with van der Waals surface area (Å²) in [5.74, 6) is 0. The van der Waals surface area contributed by atoms with Crippen LogP contribution in [0.25, 0.3) is 11.0 Å². The van der Waals surface area contributed by atoms with E-state index in [0.29, 0.717) is 11.0 Å². The van der Waals surface area contributed by atoms with Crippen molar-refractivity contribution >= 4 is 11.0 Å². The average molecular weight is 274 g/mol. The van der Waals surface area contributed by atoms with E-state index in [0.717, 1.165) is 11.0 Å². The second-order valence-corrected chi connectivity index (χ2v) is 6.80. The Morgan fingerprint density at radius 1 is 1.15 bits per heavy atom. The number of nitrogens with one attached hydrogen (secondary N) is 1. The molecule has 1 aromatic heterocycles. The van der Waals surface area contributed by atoms with Crippen molar-refractivity contribution in [3.8, 4) is 0 Å². The van der Waals surface area contributed by atoms with Gasteiger partial charge in [-0.3, -0.25) is 5.10 Å². The first-order valence-corrected chi connectivity index (χ1v) is 7.32. The van der Waals surface area contributed by atoms with Crippen molar-refractivity contribution in [3.05, 3.63) is 24.3 Å². The molecule has 4 heteroatoms. The van der Waals surface area contributed by atoms with Crippen molar-refractivity contribution in [3.63, 3.8) is 0 Å². The molecule has 2 aromatic rings. The van der Waals surface area contributed by atoms with Crippen LogP contribution in [-0.2, 0) is 0 Å². The maximum Gasteiger partial charge on any atom is 0.112 e. The van der Waals surface area contributed by atoms with Crippen LogP contribution in [0.2, 0.25) is 0 Å². The molecule has 1 aliphatic rings. The number of fused-ring (bicyclic) bond motifs is 1. The van der Waals surface area contributed by atoms with Crippen LogP contribution in [0.4, 0.5) is 0 Å². The van der Waals surface area contributed by atoms with Crippen LogP contribution >= 0.6 is 0 Å². The van der Waals surface area contributed by atoms with Gasteiger partial charge in [0, 0.05) is 5.54 Å². The van der Waals surface area contributed by atoms with E-state index < -0.39 is 0 Å². The SMILES string of the molecule is CN1CCCC(C)(C)C1(C)C.c1ccc2[nH]nnc2c1. The lowest BCUT2D eigenvalue weighted by Gasteiger charge is -2.52. The first-order chi connectivity index (χ1) is 9.34.